The van der Waals surface area contributed by atoms with Crippen molar-refractivity contribution in [2.75, 3.05) is 24.6 Å². The number of sulfonamides is 1. The van der Waals surface area contributed by atoms with Crippen molar-refractivity contribution in [1.29, 1.82) is 0 Å². The molecule has 1 fully saturated rings. The van der Waals surface area contributed by atoms with Gasteiger partial charge in [0.1, 0.15) is 10.6 Å². The molecule has 1 aliphatic heterocycles. The predicted molar refractivity (Wildman–Crippen MR) is 101 cm³/mol. The molecule has 0 aromatic carbocycles. The highest BCUT2D eigenvalue weighted by Gasteiger charge is 2.27. The first-order valence-electron chi connectivity index (χ1n) is 8.12. The number of aromatic nitrogens is 4. The zero-order valence-corrected chi connectivity index (χ0v) is 16.6. The molecular weight excluding hydrogens is 396 g/mol. The Balaban J connectivity index is 1.68. The number of H-pyrrole nitrogens is 2. The van der Waals surface area contributed by atoms with Gasteiger partial charge in [0.05, 0.1) is 6.54 Å². The van der Waals surface area contributed by atoms with E-state index in [4.69, 9.17) is 12.2 Å². The number of carbonyl (C=O) groups is 1. The van der Waals surface area contributed by atoms with Crippen LogP contribution in [0.1, 0.15) is 23.2 Å². The first kappa shape index (κ1) is 19.1. The Morgan fingerprint density at radius 3 is 2.85 bits per heavy atom. The number of rotatable bonds is 6. The largest absolute Gasteiger partial charge is 0.356 e. The standard InChI is InChI=1S/C14H20N6O3S3/c1-2-20-12(17-18-14(20)24)9-16-13(21)11-7-10(8-15-11)26(22,23)19-3-5-25-6-4-19/h7-8,15H,2-6,9H2,1H3,(H,16,21)(H,18,24). The number of nitrogens with one attached hydrogen (secondary N) is 3. The highest BCUT2D eigenvalue weighted by molar-refractivity contribution is 7.99. The summed E-state index contributed by atoms with van der Waals surface area (Å²) in [5.74, 6) is 1.76. The summed E-state index contributed by atoms with van der Waals surface area (Å²) in [6, 6.07) is 1.36. The molecule has 1 saturated heterocycles. The predicted octanol–water partition coefficient (Wildman–Crippen LogP) is 0.956. The molecule has 0 spiro atoms. The fourth-order valence-electron chi connectivity index (χ4n) is 2.66. The summed E-state index contributed by atoms with van der Waals surface area (Å²) >= 11 is 6.84. The van der Waals surface area contributed by atoms with E-state index in [0.29, 0.717) is 30.2 Å². The number of aromatic amines is 2. The van der Waals surface area contributed by atoms with Crippen molar-refractivity contribution >= 4 is 39.9 Å². The van der Waals surface area contributed by atoms with E-state index in [2.05, 4.69) is 20.5 Å². The van der Waals surface area contributed by atoms with E-state index in [1.807, 2.05) is 6.92 Å². The molecule has 0 bridgehead atoms. The van der Waals surface area contributed by atoms with E-state index in [1.165, 1.54) is 16.6 Å². The second-order valence-electron chi connectivity index (χ2n) is 5.64. The minimum atomic E-state index is -3.58. The quantitative estimate of drug-likeness (QED) is 0.604. The molecule has 26 heavy (non-hydrogen) atoms. The lowest BCUT2D eigenvalue weighted by atomic mass is 10.4. The fraction of sp³-hybridized carbons (Fsp3) is 0.500. The summed E-state index contributed by atoms with van der Waals surface area (Å²) in [7, 11) is -3.58. The van der Waals surface area contributed by atoms with Crippen LogP contribution in [-0.2, 0) is 23.1 Å². The van der Waals surface area contributed by atoms with Crippen molar-refractivity contribution in [2.24, 2.45) is 0 Å². The normalized spacial score (nSPS) is 15.9. The number of thioether (sulfide) groups is 1. The Bertz CT molecular complexity index is 939. The minimum absolute atomic E-state index is 0.103. The summed E-state index contributed by atoms with van der Waals surface area (Å²) in [5, 5.41) is 9.47. The summed E-state index contributed by atoms with van der Waals surface area (Å²) < 4.78 is 29.0. The van der Waals surface area contributed by atoms with Gasteiger partial charge in [0.25, 0.3) is 5.91 Å². The molecule has 0 unspecified atom stereocenters. The molecule has 9 nitrogen and oxygen atoms in total. The van der Waals surface area contributed by atoms with Gasteiger partial charge in [0, 0.05) is 37.3 Å². The number of hydrogen-bond acceptors (Lipinski definition) is 6. The SMILES string of the molecule is CCn1c(CNC(=O)c2cc(S(=O)(=O)N3CCSCC3)c[nH]2)n[nH]c1=S. The molecule has 1 aliphatic rings. The summed E-state index contributed by atoms with van der Waals surface area (Å²) in [4.78, 5) is 15.2. The number of nitrogens with zero attached hydrogens (tertiary/aromatic N) is 3. The van der Waals surface area contributed by atoms with Crippen LogP contribution in [0.25, 0.3) is 0 Å². The molecule has 12 heteroatoms. The maximum Gasteiger partial charge on any atom is 0.268 e. The molecule has 3 heterocycles. The highest BCUT2D eigenvalue weighted by atomic mass is 32.2. The van der Waals surface area contributed by atoms with Gasteiger partial charge in [0.2, 0.25) is 10.0 Å². The molecular formula is C14H20N6O3S3. The van der Waals surface area contributed by atoms with Gasteiger partial charge in [-0.3, -0.25) is 9.89 Å². The zero-order chi connectivity index (χ0) is 18.7. The summed E-state index contributed by atoms with van der Waals surface area (Å²) in [5.41, 5.74) is 0.187. The Morgan fingerprint density at radius 2 is 2.15 bits per heavy atom. The maximum absolute atomic E-state index is 12.6. The smallest absolute Gasteiger partial charge is 0.268 e. The molecule has 0 saturated carbocycles. The monoisotopic (exact) mass is 416 g/mol. The second-order valence-corrected chi connectivity index (χ2v) is 9.19. The van der Waals surface area contributed by atoms with Crippen molar-refractivity contribution in [3.05, 3.63) is 28.6 Å². The molecule has 3 rings (SSSR count). The van der Waals surface area contributed by atoms with Gasteiger partial charge >= 0.3 is 0 Å². The van der Waals surface area contributed by atoms with Crippen molar-refractivity contribution in [1.82, 2.24) is 29.4 Å². The third-order valence-electron chi connectivity index (χ3n) is 4.07. The van der Waals surface area contributed by atoms with Crippen LogP contribution < -0.4 is 5.32 Å². The number of amides is 1. The highest BCUT2D eigenvalue weighted by Crippen LogP contribution is 2.20. The Labute approximate surface area is 160 Å². The molecule has 1 amide bonds. The molecule has 0 aliphatic carbocycles. The van der Waals surface area contributed by atoms with Gasteiger partial charge < -0.3 is 14.9 Å². The molecule has 3 N–H and O–H groups in total. The first-order valence-corrected chi connectivity index (χ1v) is 11.1. The maximum atomic E-state index is 12.6. The van der Waals surface area contributed by atoms with Gasteiger partial charge in [-0.25, -0.2) is 8.42 Å². The second kappa shape index (κ2) is 7.94. The van der Waals surface area contributed by atoms with Crippen LogP contribution in [0.15, 0.2) is 17.2 Å². The molecule has 2 aromatic rings. The fourth-order valence-corrected chi connectivity index (χ4v) is 5.51. The number of carbonyl (C=O) groups excluding carboxylic acids is 1. The lowest BCUT2D eigenvalue weighted by Gasteiger charge is -2.24. The topological polar surface area (TPSA) is 116 Å². The molecule has 0 radical (unpaired) electrons. The molecule has 2 aromatic heterocycles. The molecule has 142 valence electrons. The van der Waals surface area contributed by atoms with Crippen molar-refractivity contribution in [3.63, 3.8) is 0 Å². The third-order valence-corrected chi connectivity index (χ3v) is 7.20. The Morgan fingerprint density at radius 1 is 1.42 bits per heavy atom. The Hall–Kier alpha value is -1.63. The van der Waals surface area contributed by atoms with Gasteiger partial charge in [0.15, 0.2) is 10.6 Å². The van der Waals surface area contributed by atoms with Crippen LogP contribution >= 0.6 is 24.0 Å². The van der Waals surface area contributed by atoms with Crippen LogP contribution in [0.4, 0.5) is 0 Å². The van der Waals surface area contributed by atoms with Crippen molar-refractivity contribution in [3.8, 4) is 0 Å². The Kier molecular flexibility index (Phi) is 5.85. The summed E-state index contributed by atoms with van der Waals surface area (Å²) in [6.07, 6.45) is 1.36. The average molecular weight is 417 g/mol. The van der Waals surface area contributed by atoms with Gasteiger partial charge in [-0.2, -0.15) is 21.2 Å². The lowest BCUT2D eigenvalue weighted by molar-refractivity contribution is 0.0945. The first-order chi connectivity index (χ1) is 12.4. The molecule has 0 atom stereocenters. The van der Waals surface area contributed by atoms with Crippen LogP contribution in [-0.4, -0.2) is 63.0 Å². The van der Waals surface area contributed by atoms with Crippen molar-refractivity contribution < 1.29 is 13.2 Å². The van der Waals surface area contributed by atoms with Crippen LogP contribution in [0.2, 0.25) is 0 Å². The van der Waals surface area contributed by atoms with E-state index in [9.17, 15) is 13.2 Å². The lowest BCUT2D eigenvalue weighted by Crippen LogP contribution is -2.37. The van der Waals surface area contributed by atoms with E-state index in [-0.39, 0.29) is 17.1 Å². The minimum Gasteiger partial charge on any atom is -0.356 e. The zero-order valence-electron chi connectivity index (χ0n) is 14.2. The van der Waals surface area contributed by atoms with Crippen molar-refractivity contribution in [2.45, 2.75) is 24.9 Å². The van der Waals surface area contributed by atoms with Gasteiger partial charge in [-0.1, -0.05) is 0 Å². The average Bonchev–Trinajstić information content (AvgIpc) is 3.27. The number of hydrogen-bond donors (Lipinski definition) is 3. The van der Waals surface area contributed by atoms with E-state index in [1.54, 1.807) is 16.3 Å². The van der Waals surface area contributed by atoms with Gasteiger partial charge in [-0.05, 0) is 25.2 Å². The van der Waals surface area contributed by atoms with E-state index in [0.717, 1.165) is 11.5 Å². The van der Waals surface area contributed by atoms with Gasteiger partial charge in [-0.15, -0.1) is 0 Å². The summed E-state index contributed by atoms with van der Waals surface area (Å²) in [6.45, 7) is 3.72. The van der Waals surface area contributed by atoms with E-state index >= 15 is 0 Å². The van der Waals surface area contributed by atoms with Crippen LogP contribution in [0, 0.1) is 4.77 Å². The van der Waals surface area contributed by atoms with E-state index < -0.39 is 15.9 Å². The third kappa shape index (κ3) is 3.87. The van der Waals surface area contributed by atoms with Crippen LogP contribution in [0.3, 0.4) is 0 Å². The van der Waals surface area contributed by atoms with Crippen LogP contribution in [0.5, 0.6) is 0 Å².